The largest absolute Gasteiger partial charge is 0.384 e. The Bertz CT molecular complexity index is 629. The minimum atomic E-state index is 0.0915. The van der Waals surface area contributed by atoms with Gasteiger partial charge in [-0.05, 0) is 59.0 Å². The maximum absolute atomic E-state index is 11.8. The highest BCUT2D eigenvalue weighted by Gasteiger charge is 2.03. The van der Waals surface area contributed by atoms with Crippen LogP contribution in [0, 0.1) is 6.92 Å². The van der Waals surface area contributed by atoms with Crippen LogP contribution < -0.4 is 10.6 Å². The number of halogens is 1. The normalized spacial score (nSPS) is 10.3. The zero-order chi connectivity index (χ0) is 16.5. The van der Waals surface area contributed by atoms with Gasteiger partial charge in [0.05, 0.1) is 0 Å². The predicted molar refractivity (Wildman–Crippen MR) is 99.8 cm³/mol. The number of carbonyl (C=O) groups is 1. The standard InChI is InChI=1S/C19H23BrN2O/c1-15-9-10-18(17(20)14-15)21-13-11-19(23)22-12-5-8-16-6-3-2-4-7-16/h2-4,6-7,9-10,14,21H,5,8,11-13H2,1H3,(H,22,23). The van der Waals surface area contributed by atoms with Gasteiger partial charge in [-0.1, -0.05) is 36.4 Å². The molecule has 122 valence electrons. The maximum atomic E-state index is 11.8. The van der Waals surface area contributed by atoms with E-state index < -0.39 is 0 Å². The molecule has 0 atom stereocenters. The number of nitrogens with one attached hydrogen (secondary N) is 2. The Morgan fingerprint density at radius 1 is 1.09 bits per heavy atom. The van der Waals surface area contributed by atoms with Crippen LogP contribution >= 0.6 is 15.9 Å². The minimum absolute atomic E-state index is 0.0915. The molecule has 23 heavy (non-hydrogen) atoms. The first-order valence-electron chi connectivity index (χ1n) is 7.96. The molecule has 0 aliphatic rings. The Morgan fingerprint density at radius 2 is 1.87 bits per heavy atom. The summed E-state index contributed by atoms with van der Waals surface area (Å²) >= 11 is 3.52. The topological polar surface area (TPSA) is 41.1 Å². The van der Waals surface area contributed by atoms with Crippen LogP contribution in [0.25, 0.3) is 0 Å². The predicted octanol–water partition coefficient (Wildman–Crippen LogP) is 4.31. The molecule has 1 amide bonds. The molecule has 4 heteroatoms. The highest BCUT2D eigenvalue weighted by Crippen LogP contribution is 2.23. The van der Waals surface area contributed by atoms with Gasteiger partial charge in [0, 0.05) is 29.7 Å². The van der Waals surface area contributed by atoms with Crippen LogP contribution in [0.1, 0.15) is 24.0 Å². The molecule has 0 aliphatic heterocycles. The van der Waals surface area contributed by atoms with Gasteiger partial charge >= 0.3 is 0 Å². The molecule has 0 bridgehead atoms. The van der Waals surface area contributed by atoms with E-state index in [2.05, 4.69) is 57.8 Å². The van der Waals surface area contributed by atoms with E-state index in [1.807, 2.05) is 24.3 Å². The van der Waals surface area contributed by atoms with Crippen molar-refractivity contribution in [2.75, 3.05) is 18.4 Å². The highest BCUT2D eigenvalue weighted by atomic mass is 79.9. The van der Waals surface area contributed by atoms with E-state index in [0.717, 1.165) is 29.5 Å². The van der Waals surface area contributed by atoms with Gasteiger partial charge in [-0.3, -0.25) is 4.79 Å². The Labute approximate surface area is 146 Å². The molecule has 2 N–H and O–H groups in total. The molecule has 3 nitrogen and oxygen atoms in total. The molecule has 0 saturated heterocycles. The molecule has 0 unspecified atom stereocenters. The number of benzene rings is 2. The zero-order valence-electron chi connectivity index (χ0n) is 13.4. The van der Waals surface area contributed by atoms with Crippen LogP contribution in [0.4, 0.5) is 5.69 Å². The van der Waals surface area contributed by atoms with Crippen LogP contribution in [-0.4, -0.2) is 19.0 Å². The van der Waals surface area contributed by atoms with Crippen LogP contribution in [0.3, 0.4) is 0 Å². The molecular weight excluding hydrogens is 352 g/mol. The van der Waals surface area contributed by atoms with Crippen LogP contribution in [0.2, 0.25) is 0 Å². The molecule has 2 rings (SSSR count). The molecule has 2 aromatic rings. The summed E-state index contributed by atoms with van der Waals surface area (Å²) in [4.78, 5) is 11.8. The third-order valence-electron chi connectivity index (χ3n) is 3.60. The minimum Gasteiger partial charge on any atom is -0.384 e. The first-order chi connectivity index (χ1) is 11.1. The van der Waals surface area contributed by atoms with Gasteiger partial charge in [-0.25, -0.2) is 0 Å². The van der Waals surface area contributed by atoms with Gasteiger partial charge < -0.3 is 10.6 Å². The third kappa shape index (κ3) is 6.45. The fraction of sp³-hybridized carbons (Fsp3) is 0.316. The molecule has 0 aliphatic carbocycles. The summed E-state index contributed by atoms with van der Waals surface area (Å²) in [7, 11) is 0. The molecule has 0 fully saturated rings. The van der Waals surface area contributed by atoms with Gasteiger partial charge in [0.25, 0.3) is 0 Å². The average molecular weight is 375 g/mol. The van der Waals surface area contributed by atoms with Gasteiger partial charge in [-0.15, -0.1) is 0 Å². The van der Waals surface area contributed by atoms with Gasteiger partial charge in [0.1, 0.15) is 0 Å². The summed E-state index contributed by atoms with van der Waals surface area (Å²) in [5.41, 5.74) is 3.54. The van der Waals surface area contributed by atoms with Crippen molar-refractivity contribution in [2.45, 2.75) is 26.2 Å². The Balaban J connectivity index is 1.60. The molecule has 0 radical (unpaired) electrons. The van der Waals surface area contributed by atoms with E-state index in [9.17, 15) is 4.79 Å². The Hall–Kier alpha value is -1.81. The maximum Gasteiger partial charge on any atom is 0.221 e. The lowest BCUT2D eigenvalue weighted by atomic mass is 10.1. The first-order valence-corrected chi connectivity index (χ1v) is 8.75. The summed E-state index contributed by atoms with van der Waals surface area (Å²) in [6, 6.07) is 16.5. The summed E-state index contributed by atoms with van der Waals surface area (Å²) in [5, 5.41) is 6.25. The molecule has 0 heterocycles. The molecule has 2 aromatic carbocycles. The molecule has 0 aromatic heterocycles. The summed E-state index contributed by atoms with van der Waals surface area (Å²) in [6.07, 6.45) is 2.44. The second-order valence-electron chi connectivity index (χ2n) is 5.60. The van der Waals surface area contributed by atoms with E-state index in [4.69, 9.17) is 0 Å². The van der Waals surface area contributed by atoms with Crippen LogP contribution in [0.15, 0.2) is 53.0 Å². The number of amides is 1. The van der Waals surface area contributed by atoms with E-state index in [-0.39, 0.29) is 5.91 Å². The van der Waals surface area contributed by atoms with Crippen molar-refractivity contribution >= 4 is 27.5 Å². The SMILES string of the molecule is Cc1ccc(NCCC(=O)NCCCc2ccccc2)c(Br)c1. The summed E-state index contributed by atoms with van der Waals surface area (Å²) < 4.78 is 1.03. The fourth-order valence-corrected chi connectivity index (χ4v) is 2.96. The highest BCUT2D eigenvalue weighted by molar-refractivity contribution is 9.10. The first kappa shape index (κ1) is 17.5. The summed E-state index contributed by atoms with van der Waals surface area (Å²) in [6.45, 7) is 3.41. The quantitative estimate of drug-likeness (QED) is 0.675. The van der Waals surface area contributed by atoms with Crippen LogP contribution in [-0.2, 0) is 11.2 Å². The molecular formula is C19H23BrN2O. The lowest BCUT2D eigenvalue weighted by molar-refractivity contribution is -0.120. The molecule has 0 saturated carbocycles. The van der Waals surface area contributed by atoms with Crippen molar-refractivity contribution < 1.29 is 4.79 Å². The lowest BCUT2D eigenvalue weighted by Crippen LogP contribution is -2.26. The van der Waals surface area contributed by atoms with Crippen molar-refractivity contribution in [3.05, 3.63) is 64.1 Å². The number of anilines is 1. The van der Waals surface area contributed by atoms with E-state index >= 15 is 0 Å². The van der Waals surface area contributed by atoms with E-state index in [1.54, 1.807) is 0 Å². The molecule has 0 spiro atoms. The second kappa shape index (κ2) is 9.36. The third-order valence-corrected chi connectivity index (χ3v) is 4.26. The Morgan fingerprint density at radius 3 is 2.61 bits per heavy atom. The van der Waals surface area contributed by atoms with E-state index in [1.165, 1.54) is 11.1 Å². The van der Waals surface area contributed by atoms with E-state index in [0.29, 0.717) is 13.0 Å². The Kier molecular flexibility index (Phi) is 7.14. The number of hydrogen-bond donors (Lipinski definition) is 2. The van der Waals surface area contributed by atoms with Gasteiger partial charge in [0.2, 0.25) is 5.91 Å². The van der Waals surface area contributed by atoms with Gasteiger partial charge in [0.15, 0.2) is 0 Å². The van der Waals surface area contributed by atoms with Crippen LogP contribution in [0.5, 0.6) is 0 Å². The van der Waals surface area contributed by atoms with Gasteiger partial charge in [-0.2, -0.15) is 0 Å². The average Bonchev–Trinajstić information content (AvgIpc) is 2.55. The van der Waals surface area contributed by atoms with Crippen molar-refractivity contribution in [1.82, 2.24) is 5.32 Å². The number of hydrogen-bond acceptors (Lipinski definition) is 2. The number of carbonyl (C=O) groups excluding carboxylic acids is 1. The second-order valence-corrected chi connectivity index (χ2v) is 6.45. The monoisotopic (exact) mass is 374 g/mol. The van der Waals surface area contributed by atoms with Crippen molar-refractivity contribution in [3.63, 3.8) is 0 Å². The van der Waals surface area contributed by atoms with Crippen molar-refractivity contribution in [3.8, 4) is 0 Å². The van der Waals surface area contributed by atoms with Crippen molar-refractivity contribution in [1.29, 1.82) is 0 Å². The van der Waals surface area contributed by atoms with Crippen molar-refractivity contribution in [2.24, 2.45) is 0 Å². The number of rotatable bonds is 8. The number of aryl methyl sites for hydroxylation is 2. The smallest absolute Gasteiger partial charge is 0.221 e. The zero-order valence-corrected chi connectivity index (χ0v) is 15.0. The summed E-state index contributed by atoms with van der Waals surface area (Å²) in [5.74, 6) is 0.0915. The fourth-order valence-electron chi connectivity index (χ4n) is 2.33. The lowest BCUT2D eigenvalue weighted by Gasteiger charge is -2.09.